The first-order valence-electron chi connectivity index (χ1n) is 7.27. The number of hydrogen-bond acceptors (Lipinski definition) is 7. The van der Waals surface area contributed by atoms with Crippen molar-refractivity contribution in [1.29, 1.82) is 0 Å². The summed E-state index contributed by atoms with van der Waals surface area (Å²) < 4.78 is 7.32. The Balaban J connectivity index is 1.83. The van der Waals surface area contributed by atoms with Gasteiger partial charge in [-0.3, -0.25) is 10.1 Å². The molecule has 2 heterocycles. The third-order valence-electron chi connectivity index (χ3n) is 3.07. The molecule has 0 bridgehead atoms. The second kappa shape index (κ2) is 6.83. The van der Waals surface area contributed by atoms with E-state index in [1.807, 2.05) is 13.8 Å². The molecule has 0 fully saturated rings. The summed E-state index contributed by atoms with van der Waals surface area (Å²) in [5, 5.41) is 15.9. The van der Waals surface area contributed by atoms with Crippen molar-refractivity contribution < 1.29 is 9.66 Å². The Bertz CT molecular complexity index is 847. The van der Waals surface area contributed by atoms with Gasteiger partial charge in [0.2, 0.25) is 5.16 Å². The average Bonchev–Trinajstić information content (AvgIpc) is 2.96. The summed E-state index contributed by atoms with van der Waals surface area (Å²) in [6, 6.07) is 6.37. The van der Waals surface area contributed by atoms with E-state index in [4.69, 9.17) is 4.74 Å². The minimum atomic E-state index is -0.416. The van der Waals surface area contributed by atoms with Crippen molar-refractivity contribution in [2.45, 2.75) is 30.9 Å². The number of non-ortho nitro benzene ring substituents is 1. The van der Waals surface area contributed by atoms with Gasteiger partial charge in [0.05, 0.1) is 11.0 Å². The summed E-state index contributed by atoms with van der Waals surface area (Å²) in [5.74, 6) is 1.60. The lowest BCUT2D eigenvalue weighted by Crippen LogP contribution is -2.07. The van der Waals surface area contributed by atoms with Gasteiger partial charge in [0.15, 0.2) is 0 Å². The molecule has 124 valence electrons. The van der Waals surface area contributed by atoms with Crippen LogP contribution in [-0.4, -0.2) is 30.6 Å². The van der Waals surface area contributed by atoms with Gasteiger partial charge in [-0.2, -0.15) is 4.98 Å². The van der Waals surface area contributed by atoms with Crippen molar-refractivity contribution in [2.24, 2.45) is 0 Å². The van der Waals surface area contributed by atoms with Gasteiger partial charge in [0, 0.05) is 35.8 Å². The van der Waals surface area contributed by atoms with Gasteiger partial charge in [-0.1, -0.05) is 11.8 Å². The number of benzene rings is 1. The van der Waals surface area contributed by atoms with Crippen molar-refractivity contribution in [1.82, 2.24) is 19.6 Å². The van der Waals surface area contributed by atoms with E-state index in [1.54, 1.807) is 29.0 Å². The van der Waals surface area contributed by atoms with Gasteiger partial charge in [-0.05, 0) is 26.0 Å². The minimum Gasteiger partial charge on any atom is -0.491 e. The zero-order valence-electron chi connectivity index (χ0n) is 13.1. The van der Waals surface area contributed by atoms with Crippen molar-refractivity contribution in [3.8, 4) is 5.75 Å². The Hall–Kier alpha value is -2.68. The van der Waals surface area contributed by atoms with Crippen LogP contribution in [0.3, 0.4) is 0 Å². The van der Waals surface area contributed by atoms with Gasteiger partial charge < -0.3 is 4.74 Å². The number of fused-ring (bicyclic) bond motifs is 1. The molecule has 2 aromatic heterocycles. The molecule has 0 unspecified atom stereocenters. The fraction of sp³-hybridized carbons (Fsp3) is 0.267. The number of nitro benzene ring substituents is 1. The number of ether oxygens (including phenoxy) is 1. The molecule has 1 aromatic carbocycles. The van der Waals surface area contributed by atoms with E-state index in [0.717, 1.165) is 5.56 Å². The quantitative estimate of drug-likeness (QED) is 0.385. The Morgan fingerprint density at radius 2 is 2.25 bits per heavy atom. The maximum atomic E-state index is 11.0. The van der Waals surface area contributed by atoms with E-state index in [9.17, 15) is 10.1 Å². The zero-order valence-corrected chi connectivity index (χ0v) is 13.9. The lowest BCUT2D eigenvalue weighted by atomic mass is 10.2. The molecule has 3 rings (SSSR count). The molecule has 8 nitrogen and oxygen atoms in total. The highest BCUT2D eigenvalue weighted by Gasteiger charge is 2.14. The lowest BCUT2D eigenvalue weighted by Gasteiger charge is -2.13. The second-order valence-corrected chi connectivity index (χ2v) is 6.21. The number of rotatable bonds is 6. The van der Waals surface area contributed by atoms with E-state index in [-0.39, 0.29) is 11.8 Å². The molecule has 0 atom stereocenters. The largest absolute Gasteiger partial charge is 0.491 e. The number of thioether (sulfide) groups is 1. The third-order valence-corrected chi connectivity index (χ3v) is 3.96. The first-order chi connectivity index (χ1) is 11.5. The van der Waals surface area contributed by atoms with Crippen molar-refractivity contribution in [3.05, 3.63) is 52.3 Å². The highest BCUT2D eigenvalue weighted by atomic mass is 32.2. The van der Waals surface area contributed by atoms with E-state index in [0.29, 0.717) is 22.4 Å². The lowest BCUT2D eigenvalue weighted by molar-refractivity contribution is -0.384. The fourth-order valence-corrected chi connectivity index (χ4v) is 2.88. The van der Waals surface area contributed by atoms with E-state index >= 15 is 0 Å². The predicted octanol–water partition coefficient (Wildman–Crippen LogP) is 3.11. The smallest absolute Gasteiger partial charge is 0.270 e. The van der Waals surface area contributed by atoms with Crippen LogP contribution < -0.4 is 4.74 Å². The van der Waals surface area contributed by atoms with Crippen molar-refractivity contribution in [3.63, 3.8) is 0 Å². The van der Waals surface area contributed by atoms with Gasteiger partial charge in [0.1, 0.15) is 5.75 Å². The summed E-state index contributed by atoms with van der Waals surface area (Å²) in [4.78, 5) is 19.0. The highest BCUT2D eigenvalue weighted by Crippen LogP contribution is 2.30. The van der Waals surface area contributed by atoms with Crippen LogP contribution in [-0.2, 0) is 5.75 Å². The Labute approximate surface area is 142 Å². The van der Waals surface area contributed by atoms with Crippen LogP contribution in [0.5, 0.6) is 5.75 Å². The van der Waals surface area contributed by atoms with Gasteiger partial charge >= 0.3 is 0 Å². The maximum Gasteiger partial charge on any atom is 0.270 e. The van der Waals surface area contributed by atoms with E-state index < -0.39 is 4.92 Å². The molecule has 0 saturated carbocycles. The summed E-state index contributed by atoms with van der Waals surface area (Å²) in [6.07, 6.45) is 3.39. The molecule has 24 heavy (non-hydrogen) atoms. The van der Waals surface area contributed by atoms with Crippen LogP contribution in [0.4, 0.5) is 5.69 Å². The molecule has 0 spiro atoms. The zero-order chi connectivity index (χ0) is 17.1. The second-order valence-electron chi connectivity index (χ2n) is 5.26. The fourth-order valence-electron chi connectivity index (χ4n) is 2.08. The van der Waals surface area contributed by atoms with Crippen LogP contribution in [0.1, 0.15) is 19.4 Å². The summed E-state index contributed by atoms with van der Waals surface area (Å²) in [7, 11) is 0. The molecule has 0 aliphatic heterocycles. The monoisotopic (exact) mass is 345 g/mol. The Morgan fingerprint density at radius 1 is 1.42 bits per heavy atom. The molecule has 0 saturated heterocycles. The first-order valence-corrected chi connectivity index (χ1v) is 8.25. The molecule has 0 aliphatic carbocycles. The topological polar surface area (TPSA) is 95.5 Å². The Kier molecular flexibility index (Phi) is 4.61. The van der Waals surface area contributed by atoms with Crippen molar-refractivity contribution >= 4 is 23.2 Å². The number of nitrogens with zero attached hydrogens (tertiary/aromatic N) is 5. The molecule has 0 amide bonds. The first kappa shape index (κ1) is 16.2. The number of hydrogen-bond donors (Lipinski definition) is 0. The molecular weight excluding hydrogens is 330 g/mol. The summed E-state index contributed by atoms with van der Waals surface area (Å²) in [5.41, 5.74) is 0.765. The number of nitro groups is 1. The van der Waals surface area contributed by atoms with E-state index in [1.165, 1.54) is 23.9 Å². The molecule has 0 radical (unpaired) electrons. The molecule has 0 aliphatic rings. The SMILES string of the molecule is CC(C)Oc1ccc([N+](=O)[O-])cc1CSc1nc2ncccn2n1. The van der Waals surface area contributed by atoms with Crippen LogP contribution >= 0.6 is 11.8 Å². The van der Waals surface area contributed by atoms with Gasteiger partial charge in [-0.25, -0.2) is 9.50 Å². The van der Waals surface area contributed by atoms with E-state index in [2.05, 4.69) is 15.1 Å². The minimum absolute atomic E-state index is 0.0206. The number of aromatic nitrogens is 4. The Morgan fingerprint density at radius 3 is 2.96 bits per heavy atom. The maximum absolute atomic E-state index is 11.0. The molecule has 9 heteroatoms. The third kappa shape index (κ3) is 3.62. The normalized spacial score (nSPS) is 11.1. The highest BCUT2D eigenvalue weighted by molar-refractivity contribution is 7.98. The van der Waals surface area contributed by atoms with Crippen LogP contribution in [0.2, 0.25) is 0 Å². The van der Waals surface area contributed by atoms with Crippen LogP contribution in [0.25, 0.3) is 5.78 Å². The molecular formula is C15H15N5O3S. The van der Waals surface area contributed by atoms with Crippen LogP contribution in [0, 0.1) is 10.1 Å². The van der Waals surface area contributed by atoms with Crippen molar-refractivity contribution in [2.75, 3.05) is 0 Å². The summed E-state index contributed by atoms with van der Waals surface area (Å²) in [6.45, 7) is 3.82. The van der Waals surface area contributed by atoms with Crippen LogP contribution in [0.15, 0.2) is 41.8 Å². The molecule has 0 N–H and O–H groups in total. The summed E-state index contributed by atoms with van der Waals surface area (Å²) >= 11 is 1.38. The average molecular weight is 345 g/mol. The van der Waals surface area contributed by atoms with Gasteiger partial charge in [-0.15, -0.1) is 5.10 Å². The predicted molar refractivity (Wildman–Crippen MR) is 89.2 cm³/mol. The molecule has 3 aromatic rings. The standard InChI is InChI=1S/C15H15N5O3S/c1-10(2)23-13-5-4-12(20(21)22)8-11(13)9-24-15-17-14-16-6-3-7-19(14)18-15/h3-8,10H,9H2,1-2H3. The van der Waals surface area contributed by atoms with Gasteiger partial charge in [0.25, 0.3) is 11.5 Å².